The van der Waals surface area contributed by atoms with Crippen LogP contribution in [0.4, 0.5) is 0 Å². The molecule has 0 nitrogen and oxygen atoms in total. The lowest BCUT2D eigenvalue weighted by Gasteiger charge is -2.07. The maximum Gasteiger partial charge on any atom is -0.0294 e. The van der Waals surface area contributed by atoms with Gasteiger partial charge in [-0.3, -0.25) is 0 Å². The molecule has 0 fully saturated rings. The summed E-state index contributed by atoms with van der Waals surface area (Å²) in [4.78, 5) is 0. The number of hydrogen-bond donors (Lipinski definition) is 0. The smallest absolute Gasteiger partial charge is 0.0294 e. The van der Waals surface area contributed by atoms with Crippen molar-refractivity contribution in [2.75, 3.05) is 0 Å². The molecule has 0 aliphatic heterocycles. The molecule has 0 saturated carbocycles. The lowest BCUT2D eigenvalue weighted by atomic mass is 9.99. The first-order valence-corrected chi connectivity index (χ1v) is 4.59. The van der Waals surface area contributed by atoms with Gasteiger partial charge in [0.1, 0.15) is 0 Å². The van der Waals surface area contributed by atoms with Crippen LogP contribution in [0.25, 0.3) is 0 Å². The van der Waals surface area contributed by atoms with Crippen molar-refractivity contribution < 1.29 is 0 Å². The quantitative estimate of drug-likeness (QED) is 0.462. The minimum Gasteiger partial charge on any atom is -0.0883 e. The maximum atomic E-state index is 2.38. The number of hydrogen-bond acceptors (Lipinski definition) is 0. The molecule has 1 rings (SSSR count). The summed E-state index contributed by atoms with van der Waals surface area (Å²) in [5.74, 6) is 0.834. The summed E-state index contributed by atoms with van der Waals surface area (Å²) in [6.07, 6.45) is 12.0. The van der Waals surface area contributed by atoms with Crippen molar-refractivity contribution in [2.45, 2.75) is 39.5 Å². The van der Waals surface area contributed by atoms with Crippen LogP contribution >= 0.6 is 0 Å². The first-order chi connectivity index (χ1) is 5.29. The summed E-state index contributed by atoms with van der Waals surface area (Å²) >= 11 is 0. The van der Waals surface area contributed by atoms with E-state index in [4.69, 9.17) is 0 Å². The summed E-state index contributed by atoms with van der Waals surface area (Å²) in [7, 11) is 0. The Morgan fingerprint density at radius 1 is 1.27 bits per heavy atom. The molecule has 0 saturated heterocycles. The van der Waals surface area contributed by atoms with Crippen molar-refractivity contribution in [1.29, 1.82) is 0 Å². The molecule has 1 aliphatic rings. The van der Waals surface area contributed by atoms with Crippen molar-refractivity contribution in [1.82, 2.24) is 0 Å². The normalized spacial score (nSPS) is 26.7. The Bertz CT molecular complexity index is 163. The predicted octanol–water partition coefficient (Wildman–Crippen LogP) is 3.70. The molecule has 0 spiro atoms. The van der Waals surface area contributed by atoms with Crippen molar-refractivity contribution in [3.63, 3.8) is 0 Å². The van der Waals surface area contributed by atoms with E-state index in [9.17, 15) is 0 Å². The molecule has 0 amide bonds. The van der Waals surface area contributed by atoms with E-state index in [1.54, 1.807) is 5.57 Å². The molecular weight excluding hydrogens is 132 g/mol. The van der Waals surface area contributed by atoms with Crippen LogP contribution in [0, 0.1) is 5.92 Å². The van der Waals surface area contributed by atoms with Crippen LogP contribution in [0.5, 0.6) is 0 Å². The zero-order valence-electron chi connectivity index (χ0n) is 7.64. The van der Waals surface area contributed by atoms with Gasteiger partial charge in [0.2, 0.25) is 0 Å². The summed E-state index contributed by atoms with van der Waals surface area (Å²) in [6.45, 7) is 4.58. The van der Waals surface area contributed by atoms with Gasteiger partial charge in [0.25, 0.3) is 0 Å². The lowest BCUT2D eigenvalue weighted by Crippen LogP contribution is -1.92. The molecule has 0 heterocycles. The second kappa shape index (κ2) is 4.38. The van der Waals surface area contributed by atoms with E-state index >= 15 is 0 Å². The van der Waals surface area contributed by atoms with E-state index in [-0.39, 0.29) is 0 Å². The van der Waals surface area contributed by atoms with Gasteiger partial charge in [-0.25, -0.2) is 0 Å². The molecule has 0 aromatic rings. The molecule has 0 aromatic heterocycles. The Balaban J connectivity index is 2.51. The van der Waals surface area contributed by atoms with Gasteiger partial charge < -0.3 is 0 Å². The zero-order valence-corrected chi connectivity index (χ0v) is 7.64. The highest BCUT2D eigenvalue weighted by molar-refractivity contribution is 5.02. The fourth-order valence-corrected chi connectivity index (χ4v) is 1.59. The molecule has 11 heavy (non-hydrogen) atoms. The van der Waals surface area contributed by atoms with Gasteiger partial charge in [-0.2, -0.15) is 0 Å². The van der Waals surface area contributed by atoms with Crippen LogP contribution in [0.1, 0.15) is 39.5 Å². The summed E-state index contributed by atoms with van der Waals surface area (Å²) in [6, 6.07) is 0. The molecule has 0 bridgehead atoms. The number of rotatable bonds is 0. The molecule has 1 aliphatic carbocycles. The molecule has 0 heteroatoms. The largest absolute Gasteiger partial charge is 0.0883 e. The van der Waals surface area contributed by atoms with Gasteiger partial charge in [-0.15, -0.1) is 0 Å². The molecule has 62 valence electrons. The van der Waals surface area contributed by atoms with Gasteiger partial charge in [-0.05, 0) is 38.5 Å². The summed E-state index contributed by atoms with van der Waals surface area (Å²) in [5, 5.41) is 0. The highest BCUT2D eigenvalue weighted by atomic mass is 14.1. The minimum atomic E-state index is 0.834. The van der Waals surface area contributed by atoms with E-state index in [1.165, 1.54) is 25.7 Å². The Kier molecular flexibility index (Phi) is 3.41. The average molecular weight is 150 g/mol. The van der Waals surface area contributed by atoms with Crippen molar-refractivity contribution in [2.24, 2.45) is 5.92 Å². The van der Waals surface area contributed by atoms with Crippen LogP contribution in [0.2, 0.25) is 0 Å². The molecule has 0 radical (unpaired) electrons. The SMILES string of the molecule is CC1=CCCC=CCC(C)C1. The highest BCUT2D eigenvalue weighted by Gasteiger charge is 2.01. The lowest BCUT2D eigenvalue weighted by molar-refractivity contribution is 0.586. The first kappa shape index (κ1) is 8.58. The van der Waals surface area contributed by atoms with Crippen molar-refractivity contribution in [3.8, 4) is 0 Å². The summed E-state index contributed by atoms with van der Waals surface area (Å²) < 4.78 is 0. The number of allylic oxidation sites excluding steroid dienone is 4. The fraction of sp³-hybridized carbons (Fsp3) is 0.636. The molecule has 0 N–H and O–H groups in total. The Morgan fingerprint density at radius 3 is 2.91 bits per heavy atom. The zero-order chi connectivity index (χ0) is 8.10. The van der Waals surface area contributed by atoms with E-state index in [1.807, 2.05) is 0 Å². The van der Waals surface area contributed by atoms with E-state index in [2.05, 4.69) is 32.1 Å². The van der Waals surface area contributed by atoms with Crippen molar-refractivity contribution >= 4 is 0 Å². The first-order valence-electron chi connectivity index (χ1n) is 4.59. The van der Waals surface area contributed by atoms with Crippen LogP contribution in [0.3, 0.4) is 0 Å². The average Bonchev–Trinajstić information content (AvgIpc) is 2.02. The van der Waals surface area contributed by atoms with Gasteiger partial charge in [-0.1, -0.05) is 30.7 Å². The van der Waals surface area contributed by atoms with Gasteiger partial charge in [0, 0.05) is 0 Å². The fourth-order valence-electron chi connectivity index (χ4n) is 1.59. The van der Waals surface area contributed by atoms with E-state index in [0.29, 0.717) is 0 Å². The van der Waals surface area contributed by atoms with Gasteiger partial charge in [0.05, 0.1) is 0 Å². The van der Waals surface area contributed by atoms with E-state index in [0.717, 1.165) is 5.92 Å². The highest BCUT2D eigenvalue weighted by Crippen LogP contribution is 2.17. The Morgan fingerprint density at radius 2 is 2.09 bits per heavy atom. The second-order valence-electron chi connectivity index (χ2n) is 3.64. The van der Waals surface area contributed by atoms with Gasteiger partial charge in [0.15, 0.2) is 0 Å². The third-order valence-corrected chi connectivity index (χ3v) is 2.20. The molecular formula is C11H18. The minimum absolute atomic E-state index is 0.834. The third kappa shape index (κ3) is 3.41. The second-order valence-corrected chi connectivity index (χ2v) is 3.64. The monoisotopic (exact) mass is 150 g/mol. The molecule has 0 aromatic carbocycles. The van der Waals surface area contributed by atoms with Crippen LogP contribution in [0.15, 0.2) is 23.8 Å². The Hall–Kier alpha value is -0.520. The van der Waals surface area contributed by atoms with Crippen LogP contribution in [-0.2, 0) is 0 Å². The standard InChI is InChI=1S/C11H18/c1-10-7-5-3-4-6-8-11(2)9-10/h3,5,8,10H,4,6-7,9H2,1-2H3. The Labute approximate surface area is 70.0 Å². The van der Waals surface area contributed by atoms with E-state index < -0.39 is 0 Å². The topological polar surface area (TPSA) is 0 Å². The van der Waals surface area contributed by atoms with Crippen LogP contribution < -0.4 is 0 Å². The van der Waals surface area contributed by atoms with Gasteiger partial charge >= 0.3 is 0 Å². The summed E-state index contributed by atoms with van der Waals surface area (Å²) in [5.41, 5.74) is 1.57. The third-order valence-electron chi connectivity index (χ3n) is 2.20. The maximum absolute atomic E-state index is 2.38. The van der Waals surface area contributed by atoms with Crippen LogP contribution in [-0.4, -0.2) is 0 Å². The molecule has 1 unspecified atom stereocenters. The molecule has 1 atom stereocenters. The van der Waals surface area contributed by atoms with Crippen molar-refractivity contribution in [3.05, 3.63) is 23.8 Å². The predicted molar refractivity (Wildman–Crippen MR) is 50.5 cm³/mol.